The van der Waals surface area contributed by atoms with E-state index in [2.05, 4.69) is 5.10 Å². The van der Waals surface area contributed by atoms with Crippen molar-refractivity contribution in [3.63, 3.8) is 0 Å². The van der Waals surface area contributed by atoms with Gasteiger partial charge in [-0.1, -0.05) is 24.3 Å². The third kappa shape index (κ3) is 2.89. The van der Waals surface area contributed by atoms with E-state index >= 15 is 0 Å². The lowest BCUT2D eigenvalue weighted by molar-refractivity contribution is 0.374. The van der Waals surface area contributed by atoms with Gasteiger partial charge < -0.3 is 9.47 Å². The van der Waals surface area contributed by atoms with E-state index in [1.165, 1.54) is 19.4 Å². The lowest BCUT2D eigenvalue weighted by Crippen LogP contribution is -1.98. The average Bonchev–Trinajstić information content (AvgIpc) is 3.14. The van der Waals surface area contributed by atoms with E-state index in [0.717, 1.165) is 22.6 Å². The van der Waals surface area contributed by atoms with Crippen LogP contribution >= 0.6 is 0 Å². The number of hydrogen-bond acceptors (Lipinski definition) is 3. The first kappa shape index (κ1) is 17.0. The highest BCUT2D eigenvalue weighted by atomic mass is 19.2. The summed E-state index contributed by atoms with van der Waals surface area (Å²) in [6.45, 7) is 0. The van der Waals surface area contributed by atoms with Crippen LogP contribution in [0, 0.1) is 11.6 Å². The van der Waals surface area contributed by atoms with Crippen LogP contribution < -0.4 is 9.47 Å². The average molecular weight is 366 g/mol. The quantitative estimate of drug-likeness (QED) is 0.511. The summed E-state index contributed by atoms with van der Waals surface area (Å²) >= 11 is 0. The second-order valence-electron chi connectivity index (χ2n) is 5.97. The summed E-state index contributed by atoms with van der Waals surface area (Å²) in [6.07, 6.45) is 1.31. The molecule has 0 atom stereocenters. The van der Waals surface area contributed by atoms with Crippen LogP contribution in [0.3, 0.4) is 0 Å². The second-order valence-corrected chi connectivity index (χ2v) is 5.97. The minimum absolute atomic E-state index is 0.102. The standard InChI is InChI=1S/C21H16F2N2O2/c1-26-16-5-3-4-14(10-16)13-6-8-15(9-7-13)25-18-11-19(27-2)21(23)20(22)17(18)12-24-25/h3-12H,1-2H3. The van der Waals surface area contributed by atoms with E-state index in [1.54, 1.807) is 11.8 Å². The van der Waals surface area contributed by atoms with Gasteiger partial charge in [0.25, 0.3) is 0 Å². The predicted octanol–water partition coefficient (Wildman–Crippen LogP) is 4.99. The van der Waals surface area contributed by atoms with Gasteiger partial charge in [0.1, 0.15) is 5.75 Å². The van der Waals surface area contributed by atoms with Gasteiger partial charge in [0.15, 0.2) is 11.6 Å². The highest BCUT2D eigenvalue weighted by molar-refractivity contribution is 5.83. The molecule has 0 radical (unpaired) electrons. The van der Waals surface area contributed by atoms with Crippen molar-refractivity contribution >= 4 is 10.9 Å². The summed E-state index contributed by atoms with van der Waals surface area (Å²) in [5.74, 6) is -1.37. The Morgan fingerprint density at radius 2 is 1.63 bits per heavy atom. The van der Waals surface area contributed by atoms with E-state index in [1.807, 2.05) is 48.5 Å². The molecule has 4 rings (SSSR count). The van der Waals surface area contributed by atoms with Crippen LogP contribution in [0.5, 0.6) is 11.5 Å². The molecule has 0 saturated heterocycles. The molecule has 4 nitrogen and oxygen atoms in total. The van der Waals surface area contributed by atoms with Gasteiger partial charge >= 0.3 is 0 Å². The Kier molecular flexibility index (Phi) is 4.24. The largest absolute Gasteiger partial charge is 0.497 e. The monoisotopic (exact) mass is 366 g/mol. The van der Waals surface area contributed by atoms with Gasteiger partial charge in [0.05, 0.1) is 37.0 Å². The van der Waals surface area contributed by atoms with Crippen LogP contribution in [0.2, 0.25) is 0 Å². The van der Waals surface area contributed by atoms with Crippen molar-refractivity contribution in [1.82, 2.24) is 9.78 Å². The Morgan fingerprint density at radius 1 is 0.852 bits per heavy atom. The number of ether oxygens (including phenoxy) is 2. The van der Waals surface area contributed by atoms with Crippen molar-refractivity contribution in [2.75, 3.05) is 14.2 Å². The molecule has 4 aromatic rings. The van der Waals surface area contributed by atoms with E-state index in [9.17, 15) is 8.78 Å². The van der Waals surface area contributed by atoms with Gasteiger partial charge in [-0.2, -0.15) is 9.49 Å². The van der Waals surface area contributed by atoms with Gasteiger partial charge in [0, 0.05) is 6.07 Å². The van der Waals surface area contributed by atoms with Crippen LogP contribution in [0.15, 0.2) is 60.8 Å². The van der Waals surface area contributed by atoms with Crippen LogP contribution in [0.4, 0.5) is 8.78 Å². The molecule has 3 aromatic carbocycles. The topological polar surface area (TPSA) is 36.3 Å². The molecule has 0 aliphatic heterocycles. The first-order valence-corrected chi connectivity index (χ1v) is 8.27. The van der Waals surface area contributed by atoms with Crippen molar-refractivity contribution in [1.29, 1.82) is 0 Å². The fourth-order valence-electron chi connectivity index (χ4n) is 3.03. The van der Waals surface area contributed by atoms with Crippen molar-refractivity contribution in [3.05, 3.63) is 72.4 Å². The normalized spacial score (nSPS) is 11.0. The van der Waals surface area contributed by atoms with E-state index in [4.69, 9.17) is 9.47 Å². The number of benzene rings is 3. The Bertz CT molecular complexity index is 1120. The Balaban J connectivity index is 1.77. The lowest BCUT2D eigenvalue weighted by Gasteiger charge is -2.09. The minimum Gasteiger partial charge on any atom is -0.497 e. The molecule has 0 aliphatic rings. The Labute approximate surface area is 154 Å². The van der Waals surface area contributed by atoms with Gasteiger partial charge in [0.2, 0.25) is 5.82 Å². The third-order valence-electron chi connectivity index (χ3n) is 4.45. The highest BCUT2D eigenvalue weighted by Crippen LogP contribution is 2.30. The number of aromatic nitrogens is 2. The minimum atomic E-state index is -1.02. The number of fused-ring (bicyclic) bond motifs is 1. The van der Waals surface area contributed by atoms with Crippen LogP contribution in [-0.2, 0) is 0 Å². The molecule has 1 heterocycles. The van der Waals surface area contributed by atoms with Gasteiger partial charge in [-0.25, -0.2) is 9.07 Å². The summed E-state index contributed by atoms with van der Waals surface area (Å²) in [5, 5.41) is 4.31. The first-order valence-electron chi connectivity index (χ1n) is 8.27. The summed E-state index contributed by atoms with van der Waals surface area (Å²) in [7, 11) is 2.93. The zero-order chi connectivity index (χ0) is 19.0. The van der Waals surface area contributed by atoms with Crippen molar-refractivity contribution in [2.45, 2.75) is 0 Å². The number of nitrogens with zero attached hydrogens (tertiary/aromatic N) is 2. The predicted molar refractivity (Wildman–Crippen MR) is 99.5 cm³/mol. The van der Waals surface area contributed by atoms with E-state index in [-0.39, 0.29) is 11.1 Å². The van der Waals surface area contributed by atoms with Crippen LogP contribution in [0.25, 0.3) is 27.7 Å². The van der Waals surface area contributed by atoms with Gasteiger partial charge in [-0.15, -0.1) is 0 Å². The lowest BCUT2D eigenvalue weighted by atomic mass is 10.1. The molecule has 0 aliphatic carbocycles. The fourth-order valence-corrected chi connectivity index (χ4v) is 3.03. The van der Waals surface area contributed by atoms with E-state index in [0.29, 0.717) is 5.52 Å². The Hall–Kier alpha value is -3.41. The Morgan fingerprint density at radius 3 is 2.33 bits per heavy atom. The maximum absolute atomic E-state index is 14.2. The molecule has 136 valence electrons. The smallest absolute Gasteiger partial charge is 0.201 e. The molecule has 0 amide bonds. The van der Waals surface area contributed by atoms with Gasteiger partial charge in [-0.3, -0.25) is 0 Å². The molecule has 1 aromatic heterocycles. The molecule has 0 spiro atoms. The molecule has 0 N–H and O–H groups in total. The van der Waals surface area contributed by atoms with Crippen molar-refractivity contribution < 1.29 is 18.3 Å². The maximum Gasteiger partial charge on any atom is 0.201 e. The highest BCUT2D eigenvalue weighted by Gasteiger charge is 2.18. The number of hydrogen-bond donors (Lipinski definition) is 0. The van der Waals surface area contributed by atoms with Crippen molar-refractivity contribution in [2.24, 2.45) is 0 Å². The summed E-state index contributed by atoms with van der Waals surface area (Å²) in [6, 6.07) is 16.8. The van der Waals surface area contributed by atoms with Crippen LogP contribution in [-0.4, -0.2) is 24.0 Å². The number of methoxy groups -OCH3 is 2. The molecular formula is C21H16F2N2O2. The molecular weight excluding hydrogens is 350 g/mol. The number of halogens is 2. The zero-order valence-corrected chi connectivity index (χ0v) is 14.7. The van der Waals surface area contributed by atoms with Crippen LogP contribution in [0.1, 0.15) is 0 Å². The van der Waals surface area contributed by atoms with Crippen molar-refractivity contribution in [3.8, 4) is 28.3 Å². The van der Waals surface area contributed by atoms with E-state index < -0.39 is 11.6 Å². The summed E-state index contributed by atoms with van der Waals surface area (Å²) < 4.78 is 39.8. The molecule has 0 fully saturated rings. The second kappa shape index (κ2) is 6.72. The molecule has 0 saturated carbocycles. The first-order chi connectivity index (χ1) is 13.1. The summed E-state index contributed by atoms with van der Waals surface area (Å²) in [5.41, 5.74) is 3.18. The fraction of sp³-hybridized carbons (Fsp3) is 0.0952. The summed E-state index contributed by atoms with van der Waals surface area (Å²) in [4.78, 5) is 0. The molecule has 6 heteroatoms. The SMILES string of the molecule is COc1cccc(-c2ccc(-n3ncc4c(F)c(F)c(OC)cc43)cc2)c1. The molecule has 27 heavy (non-hydrogen) atoms. The molecule has 0 bridgehead atoms. The number of rotatable bonds is 4. The zero-order valence-electron chi connectivity index (χ0n) is 14.7. The van der Waals surface area contributed by atoms with Gasteiger partial charge in [-0.05, 0) is 35.4 Å². The molecule has 0 unspecified atom stereocenters. The maximum atomic E-state index is 14.2. The third-order valence-corrected chi connectivity index (χ3v) is 4.45.